The Morgan fingerprint density at radius 3 is 3.00 bits per heavy atom. The molecule has 1 N–H and O–H groups in total. The highest BCUT2D eigenvalue weighted by Crippen LogP contribution is 2.16. The first-order valence-corrected chi connectivity index (χ1v) is 4.72. The maximum atomic E-state index is 12.3. The molecule has 4 heteroatoms. The molecule has 0 aromatic rings. The van der Waals surface area contributed by atoms with Gasteiger partial charge in [-0.2, -0.15) is 0 Å². The van der Waals surface area contributed by atoms with Gasteiger partial charge in [0.05, 0.1) is 13.1 Å². The molecule has 0 spiro atoms. The van der Waals surface area contributed by atoms with E-state index in [4.69, 9.17) is 5.11 Å². The normalized spacial score (nSPS) is 24.5. The molecule has 1 fully saturated rings. The molecule has 0 unspecified atom stereocenters. The lowest BCUT2D eigenvalue weighted by molar-refractivity contribution is -0.137. The lowest BCUT2D eigenvalue weighted by atomic mass is 9.99. The second-order valence-corrected chi connectivity index (χ2v) is 3.61. The number of nitrogens with zero attached hydrogens (tertiary/aromatic N) is 1. The van der Waals surface area contributed by atoms with E-state index in [1.54, 1.807) is 0 Å². The number of hydrogen-bond acceptors (Lipinski definition) is 2. The predicted octanol–water partition coefficient (Wildman–Crippen LogP) is 1.14. The summed E-state index contributed by atoms with van der Waals surface area (Å²) in [6.07, 6.45) is 2.10. The Morgan fingerprint density at radius 1 is 1.62 bits per heavy atom. The number of hydrogen-bond donors (Lipinski definition) is 1. The average molecular weight is 189 g/mol. The zero-order chi connectivity index (χ0) is 9.68. The van der Waals surface area contributed by atoms with Crippen molar-refractivity contribution in [1.82, 2.24) is 4.90 Å². The van der Waals surface area contributed by atoms with E-state index < -0.39 is 5.97 Å². The Labute approximate surface area is 77.5 Å². The van der Waals surface area contributed by atoms with Gasteiger partial charge in [0.2, 0.25) is 0 Å². The molecule has 1 aliphatic heterocycles. The van der Waals surface area contributed by atoms with Crippen LogP contribution in [-0.4, -0.2) is 42.3 Å². The molecular weight excluding hydrogens is 173 g/mol. The number of halogens is 1. The van der Waals surface area contributed by atoms with Crippen molar-refractivity contribution in [2.75, 3.05) is 26.3 Å². The molecule has 1 heterocycles. The first-order chi connectivity index (χ1) is 6.22. The van der Waals surface area contributed by atoms with Gasteiger partial charge in [0.25, 0.3) is 0 Å². The molecule has 0 saturated carbocycles. The highest BCUT2D eigenvalue weighted by atomic mass is 19.1. The lowest BCUT2D eigenvalue weighted by Gasteiger charge is -2.30. The van der Waals surface area contributed by atoms with Gasteiger partial charge in [-0.05, 0) is 19.4 Å². The quantitative estimate of drug-likeness (QED) is 0.721. The van der Waals surface area contributed by atoms with Crippen molar-refractivity contribution in [3.8, 4) is 0 Å². The fourth-order valence-electron chi connectivity index (χ4n) is 1.73. The third-order valence-electron chi connectivity index (χ3n) is 2.46. The smallest absolute Gasteiger partial charge is 0.304 e. The number of carboxylic acid groups (broad SMARTS) is 1. The van der Waals surface area contributed by atoms with E-state index in [1.165, 1.54) is 0 Å². The van der Waals surface area contributed by atoms with Crippen molar-refractivity contribution in [3.63, 3.8) is 0 Å². The topological polar surface area (TPSA) is 40.5 Å². The molecule has 0 radical (unpaired) electrons. The zero-order valence-corrected chi connectivity index (χ0v) is 7.71. The summed E-state index contributed by atoms with van der Waals surface area (Å²) in [6, 6.07) is 0. The van der Waals surface area contributed by atoms with E-state index in [-0.39, 0.29) is 19.0 Å². The van der Waals surface area contributed by atoms with Crippen LogP contribution in [0.2, 0.25) is 0 Å². The minimum Gasteiger partial charge on any atom is -0.481 e. The van der Waals surface area contributed by atoms with Gasteiger partial charge in [-0.15, -0.1) is 0 Å². The minimum absolute atomic E-state index is 0.127. The Morgan fingerprint density at radius 2 is 2.38 bits per heavy atom. The largest absolute Gasteiger partial charge is 0.481 e. The van der Waals surface area contributed by atoms with Crippen molar-refractivity contribution in [2.45, 2.75) is 19.3 Å². The van der Waals surface area contributed by atoms with E-state index >= 15 is 0 Å². The highest BCUT2D eigenvalue weighted by molar-refractivity contribution is 5.66. The van der Waals surface area contributed by atoms with Crippen molar-refractivity contribution < 1.29 is 14.3 Å². The van der Waals surface area contributed by atoms with Crippen LogP contribution in [0.15, 0.2) is 0 Å². The Kier molecular flexibility index (Phi) is 4.15. The average Bonchev–Trinajstić information content (AvgIpc) is 2.15. The number of carboxylic acids is 1. The minimum atomic E-state index is -0.776. The molecule has 0 amide bonds. The second kappa shape index (κ2) is 5.17. The molecule has 0 bridgehead atoms. The molecule has 13 heavy (non-hydrogen) atoms. The first kappa shape index (κ1) is 10.4. The van der Waals surface area contributed by atoms with Crippen LogP contribution in [-0.2, 0) is 4.79 Å². The van der Waals surface area contributed by atoms with Gasteiger partial charge in [-0.3, -0.25) is 9.18 Å². The van der Waals surface area contributed by atoms with Crippen molar-refractivity contribution in [1.29, 1.82) is 0 Å². The number of alkyl halides is 1. The van der Waals surface area contributed by atoms with Crippen LogP contribution < -0.4 is 0 Å². The van der Waals surface area contributed by atoms with Crippen molar-refractivity contribution in [2.24, 2.45) is 5.92 Å². The fourth-order valence-corrected chi connectivity index (χ4v) is 1.73. The fraction of sp³-hybridized carbons (Fsp3) is 0.889. The first-order valence-electron chi connectivity index (χ1n) is 4.72. The molecular formula is C9H16FNO2. The number of rotatable bonds is 4. The number of aliphatic carboxylic acids is 1. The van der Waals surface area contributed by atoms with Gasteiger partial charge in [0.1, 0.15) is 0 Å². The van der Waals surface area contributed by atoms with E-state index in [9.17, 15) is 9.18 Å². The summed E-state index contributed by atoms with van der Waals surface area (Å²) in [5.74, 6) is -0.648. The Bertz CT molecular complexity index is 175. The van der Waals surface area contributed by atoms with Gasteiger partial charge < -0.3 is 10.0 Å². The van der Waals surface area contributed by atoms with Gasteiger partial charge >= 0.3 is 5.97 Å². The summed E-state index contributed by atoms with van der Waals surface area (Å²) < 4.78 is 12.3. The van der Waals surface area contributed by atoms with Crippen molar-refractivity contribution >= 4 is 5.97 Å². The summed E-state index contributed by atoms with van der Waals surface area (Å²) in [5, 5.41) is 8.47. The van der Waals surface area contributed by atoms with Crippen LogP contribution in [0.3, 0.4) is 0 Å². The highest BCUT2D eigenvalue weighted by Gasteiger charge is 2.19. The van der Waals surface area contributed by atoms with E-state index in [0.717, 1.165) is 25.9 Å². The molecule has 76 valence electrons. The summed E-state index contributed by atoms with van der Waals surface area (Å²) >= 11 is 0. The second-order valence-electron chi connectivity index (χ2n) is 3.61. The van der Waals surface area contributed by atoms with Crippen molar-refractivity contribution in [3.05, 3.63) is 0 Å². The van der Waals surface area contributed by atoms with Crippen LogP contribution in [0.1, 0.15) is 19.3 Å². The maximum Gasteiger partial charge on any atom is 0.304 e. The third-order valence-corrected chi connectivity index (χ3v) is 2.46. The van der Waals surface area contributed by atoms with Crippen LogP contribution in [0, 0.1) is 5.92 Å². The van der Waals surface area contributed by atoms with Crippen LogP contribution in [0.4, 0.5) is 4.39 Å². The molecule has 1 atom stereocenters. The maximum absolute atomic E-state index is 12.3. The van der Waals surface area contributed by atoms with Gasteiger partial charge in [-0.1, -0.05) is 0 Å². The zero-order valence-electron chi connectivity index (χ0n) is 7.71. The molecule has 3 nitrogen and oxygen atoms in total. The molecule has 0 aromatic carbocycles. The molecule has 1 saturated heterocycles. The number of likely N-dealkylation sites (tertiary alicyclic amines) is 1. The molecule has 1 aliphatic rings. The van der Waals surface area contributed by atoms with Crippen LogP contribution >= 0.6 is 0 Å². The number of piperidine rings is 1. The Hall–Kier alpha value is -0.640. The molecule has 0 aromatic heterocycles. The number of carbonyl (C=O) groups is 1. The van der Waals surface area contributed by atoms with E-state index in [0.29, 0.717) is 6.54 Å². The van der Waals surface area contributed by atoms with E-state index in [2.05, 4.69) is 0 Å². The summed E-state index contributed by atoms with van der Waals surface area (Å²) in [5.41, 5.74) is 0. The monoisotopic (exact) mass is 189 g/mol. The standard InChI is InChI=1S/C9H16FNO2/c10-6-8-2-1-4-11(7-8)5-3-9(12)13/h8H,1-7H2,(H,12,13)/t8-/m1/s1. The van der Waals surface area contributed by atoms with Crippen LogP contribution in [0.5, 0.6) is 0 Å². The Balaban J connectivity index is 2.21. The SMILES string of the molecule is O=C(O)CCN1CCC[C@H](CF)C1. The summed E-state index contributed by atoms with van der Waals surface area (Å²) in [7, 11) is 0. The van der Waals surface area contributed by atoms with Gasteiger partial charge in [0.15, 0.2) is 0 Å². The van der Waals surface area contributed by atoms with E-state index in [1.807, 2.05) is 4.90 Å². The third kappa shape index (κ3) is 3.72. The predicted molar refractivity (Wildman–Crippen MR) is 47.4 cm³/mol. The van der Waals surface area contributed by atoms with Gasteiger partial charge in [0, 0.05) is 19.0 Å². The summed E-state index contributed by atoms with van der Waals surface area (Å²) in [4.78, 5) is 12.3. The molecule has 0 aliphatic carbocycles. The lowest BCUT2D eigenvalue weighted by Crippen LogP contribution is -2.37. The van der Waals surface area contributed by atoms with Gasteiger partial charge in [-0.25, -0.2) is 0 Å². The summed E-state index contributed by atoms with van der Waals surface area (Å²) in [6.45, 7) is 1.93. The van der Waals surface area contributed by atoms with Crippen LogP contribution in [0.25, 0.3) is 0 Å². The molecule has 1 rings (SSSR count).